The van der Waals surface area contributed by atoms with Crippen molar-refractivity contribution in [1.82, 2.24) is 0 Å². The number of ketones is 1. The van der Waals surface area contributed by atoms with Gasteiger partial charge in [0.05, 0.1) is 12.2 Å². The average Bonchev–Trinajstić information content (AvgIpc) is 1.99. The van der Waals surface area contributed by atoms with Gasteiger partial charge in [-0.1, -0.05) is 22.0 Å². The van der Waals surface area contributed by atoms with E-state index in [9.17, 15) is 9.59 Å². The maximum Gasteiger partial charge on any atom is 0.341 e. The van der Waals surface area contributed by atoms with E-state index in [1.54, 1.807) is 13.0 Å². The first kappa shape index (κ1) is 12.4. The molecule has 0 N–H and O–H groups in total. The summed E-state index contributed by atoms with van der Waals surface area (Å²) in [7, 11) is 0. The molecular formula is C9H13BrO3. The van der Waals surface area contributed by atoms with Gasteiger partial charge in [0.25, 0.3) is 0 Å². The summed E-state index contributed by atoms with van der Waals surface area (Å²) in [4.78, 5) is 22.2. The molecule has 0 radical (unpaired) electrons. The second-order valence-electron chi connectivity index (χ2n) is 2.53. The number of ether oxygens (including phenoxy) is 1. The number of carbonyl (C=O) groups is 2. The topological polar surface area (TPSA) is 43.4 Å². The number of halogens is 1. The number of esters is 1. The van der Waals surface area contributed by atoms with Gasteiger partial charge in [0, 0.05) is 4.83 Å². The van der Waals surface area contributed by atoms with Gasteiger partial charge in [0.2, 0.25) is 0 Å². The number of hydrogen-bond acceptors (Lipinski definition) is 3. The zero-order valence-corrected chi connectivity index (χ0v) is 9.55. The van der Waals surface area contributed by atoms with Crippen molar-refractivity contribution in [2.45, 2.75) is 25.6 Å². The Balaban J connectivity index is 4.61. The fourth-order valence-electron chi connectivity index (χ4n) is 0.768. The van der Waals surface area contributed by atoms with E-state index in [0.717, 1.165) is 0 Å². The third-order valence-corrected chi connectivity index (χ3v) is 1.54. The van der Waals surface area contributed by atoms with Gasteiger partial charge in [-0.25, -0.2) is 4.79 Å². The zero-order chi connectivity index (χ0) is 10.4. The summed E-state index contributed by atoms with van der Waals surface area (Å²) in [6.07, 6.45) is 1.54. The molecule has 0 aliphatic carbocycles. The predicted octanol–water partition coefficient (Wildman–Crippen LogP) is 1.85. The number of carbonyl (C=O) groups excluding carboxylic acids is 2. The Morgan fingerprint density at radius 1 is 1.54 bits per heavy atom. The van der Waals surface area contributed by atoms with Crippen LogP contribution in [0, 0.1) is 0 Å². The Morgan fingerprint density at radius 3 is 2.38 bits per heavy atom. The lowest BCUT2D eigenvalue weighted by Gasteiger charge is -2.03. The van der Waals surface area contributed by atoms with Crippen LogP contribution in [0.2, 0.25) is 0 Å². The molecule has 1 atom stereocenters. The molecule has 0 bridgehead atoms. The minimum absolute atomic E-state index is 0.0178. The molecule has 74 valence electrons. The number of Topliss-reactive ketones (excluding diaryl/α,β-unsaturated/α-hetero) is 1. The molecule has 0 aromatic rings. The Kier molecular flexibility index (Phi) is 5.62. The molecule has 0 spiro atoms. The Hall–Kier alpha value is -0.640. The standard InChI is InChI=1S/C9H13BrO3/c1-4-13-9(12)8(7(3)11)5-6(2)10/h5-6H,4H2,1-3H3. The second kappa shape index (κ2) is 5.91. The minimum atomic E-state index is -0.554. The number of rotatable bonds is 4. The van der Waals surface area contributed by atoms with Crippen molar-refractivity contribution in [2.24, 2.45) is 0 Å². The fraction of sp³-hybridized carbons (Fsp3) is 0.556. The van der Waals surface area contributed by atoms with Gasteiger partial charge in [-0.15, -0.1) is 0 Å². The first-order chi connectivity index (χ1) is 5.99. The van der Waals surface area contributed by atoms with Crippen LogP contribution in [-0.4, -0.2) is 23.2 Å². The smallest absolute Gasteiger partial charge is 0.341 e. The molecule has 0 aliphatic rings. The minimum Gasteiger partial charge on any atom is -0.462 e. The van der Waals surface area contributed by atoms with Crippen molar-refractivity contribution in [3.8, 4) is 0 Å². The molecule has 4 heteroatoms. The summed E-state index contributed by atoms with van der Waals surface area (Å²) in [5.41, 5.74) is 0.103. The van der Waals surface area contributed by atoms with E-state index in [2.05, 4.69) is 15.9 Å². The van der Waals surface area contributed by atoms with Crippen LogP contribution in [0.1, 0.15) is 20.8 Å². The van der Waals surface area contributed by atoms with E-state index in [1.165, 1.54) is 6.92 Å². The SMILES string of the molecule is CCOC(=O)C(=CC(C)Br)C(C)=O. The number of hydrogen-bond donors (Lipinski definition) is 0. The highest BCUT2D eigenvalue weighted by Crippen LogP contribution is 2.07. The van der Waals surface area contributed by atoms with Crippen molar-refractivity contribution < 1.29 is 14.3 Å². The van der Waals surface area contributed by atoms with Gasteiger partial charge < -0.3 is 4.74 Å². The van der Waals surface area contributed by atoms with E-state index in [4.69, 9.17) is 4.74 Å². The van der Waals surface area contributed by atoms with Gasteiger partial charge in [-0.2, -0.15) is 0 Å². The summed E-state index contributed by atoms with van der Waals surface area (Å²) >= 11 is 3.23. The lowest BCUT2D eigenvalue weighted by atomic mass is 10.1. The van der Waals surface area contributed by atoms with Crippen LogP contribution in [-0.2, 0) is 14.3 Å². The first-order valence-electron chi connectivity index (χ1n) is 4.03. The molecule has 1 unspecified atom stereocenters. The fourth-order valence-corrected chi connectivity index (χ4v) is 1.03. The van der Waals surface area contributed by atoms with Crippen LogP contribution in [0.4, 0.5) is 0 Å². The highest BCUT2D eigenvalue weighted by Gasteiger charge is 2.15. The van der Waals surface area contributed by atoms with Crippen molar-refractivity contribution in [3.63, 3.8) is 0 Å². The van der Waals surface area contributed by atoms with Crippen molar-refractivity contribution in [1.29, 1.82) is 0 Å². The molecule has 0 saturated heterocycles. The highest BCUT2D eigenvalue weighted by atomic mass is 79.9. The van der Waals surface area contributed by atoms with Gasteiger partial charge in [0.1, 0.15) is 0 Å². The average molecular weight is 249 g/mol. The third-order valence-electron chi connectivity index (χ3n) is 1.27. The van der Waals surface area contributed by atoms with Gasteiger partial charge in [-0.05, 0) is 20.8 Å². The van der Waals surface area contributed by atoms with Crippen molar-refractivity contribution >= 4 is 27.7 Å². The quantitative estimate of drug-likeness (QED) is 0.251. The molecule has 0 aromatic heterocycles. The molecule has 3 nitrogen and oxygen atoms in total. The molecular weight excluding hydrogens is 236 g/mol. The van der Waals surface area contributed by atoms with Crippen LogP contribution < -0.4 is 0 Å². The maximum absolute atomic E-state index is 11.2. The molecule has 13 heavy (non-hydrogen) atoms. The normalized spacial score (nSPS) is 13.7. The van der Waals surface area contributed by atoms with E-state index < -0.39 is 5.97 Å². The first-order valence-corrected chi connectivity index (χ1v) is 4.94. The van der Waals surface area contributed by atoms with Gasteiger partial charge in [-0.3, -0.25) is 4.79 Å². The van der Waals surface area contributed by atoms with Crippen LogP contribution in [0.25, 0.3) is 0 Å². The lowest BCUT2D eigenvalue weighted by Crippen LogP contribution is -2.14. The summed E-state index contributed by atoms with van der Waals surface area (Å²) in [5, 5.41) is 0. The van der Waals surface area contributed by atoms with Crippen LogP contribution in [0.5, 0.6) is 0 Å². The molecule has 0 rings (SSSR count). The Labute approximate surface area is 86.3 Å². The summed E-state index contributed by atoms with van der Waals surface area (Å²) in [6, 6.07) is 0. The Bertz CT molecular complexity index is 231. The Morgan fingerprint density at radius 2 is 2.08 bits per heavy atom. The van der Waals surface area contributed by atoms with Crippen molar-refractivity contribution in [2.75, 3.05) is 6.61 Å². The summed E-state index contributed by atoms with van der Waals surface area (Å²) < 4.78 is 4.72. The van der Waals surface area contributed by atoms with E-state index in [-0.39, 0.29) is 22.8 Å². The van der Waals surface area contributed by atoms with Crippen LogP contribution in [0.3, 0.4) is 0 Å². The highest BCUT2D eigenvalue weighted by molar-refractivity contribution is 9.09. The van der Waals surface area contributed by atoms with Gasteiger partial charge >= 0.3 is 5.97 Å². The maximum atomic E-state index is 11.2. The van der Waals surface area contributed by atoms with Crippen molar-refractivity contribution in [3.05, 3.63) is 11.6 Å². The predicted molar refractivity (Wildman–Crippen MR) is 53.8 cm³/mol. The molecule has 0 amide bonds. The monoisotopic (exact) mass is 248 g/mol. The summed E-state index contributed by atoms with van der Waals surface area (Å²) in [5.74, 6) is -0.828. The third kappa shape index (κ3) is 4.83. The molecule has 0 saturated carbocycles. The van der Waals surface area contributed by atoms with Crippen LogP contribution in [0.15, 0.2) is 11.6 Å². The second-order valence-corrected chi connectivity index (χ2v) is 3.98. The molecule has 0 heterocycles. The molecule has 0 fully saturated rings. The number of allylic oxidation sites excluding steroid dienone is 1. The number of alkyl halides is 1. The molecule has 0 aromatic carbocycles. The van der Waals surface area contributed by atoms with E-state index >= 15 is 0 Å². The summed E-state index contributed by atoms with van der Waals surface area (Å²) in [6.45, 7) is 5.15. The van der Waals surface area contributed by atoms with E-state index in [1.807, 2.05) is 6.92 Å². The van der Waals surface area contributed by atoms with E-state index in [0.29, 0.717) is 0 Å². The van der Waals surface area contributed by atoms with Gasteiger partial charge in [0.15, 0.2) is 5.78 Å². The lowest BCUT2D eigenvalue weighted by molar-refractivity contribution is -0.139. The zero-order valence-electron chi connectivity index (χ0n) is 7.96. The molecule has 0 aliphatic heterocycles. The largest absolute Gasteiger partial charge is 0.462 e. The van der Waals surface area contributed by atoms with Crippen LogP contribution >= 0.6 is 15.9 Å².